The molecule has 4 N–H and O–H groups in total. The molecule has 4 aromatic heterocycles. The first-order valence-electron chi connectivity index (χ1n) is 9.65. The first-order valence-corrected chi connectivity index (χ1v) is 9.65. The Kier molecular flexibility index (Phi) is 4.14. The summed E-state index contributed by atoms with van der Waals surface area (Å²) in [7, 11) is 0. The molecule has 4 heterocycles. The number of H-pyrrole nitrogens is 2. The second kappa shape index (κ2) is 6.87. The van der Waals surface area contributed by atoms with Gasteiger partial charge in [0.25, 0.3) is 5.91 Å². The summed E-state index contributed by atoms with van der Waals surface area (Å²) in [4.78, 5) is 48.1. The van der Waals surface area contributed by atoms with Crippen molar-refractivity contribution in [2.75, 3.05) is 0 Å². The molecule has 0 unspecified atom stereocenters. The third kappa shape index (κ3) is 2.96. The number of imidazole rings is 2. The molecule has 0 fully saturated rings. The van der Waals surface area contributed by atoms with Gasteiger partial charge < -0.3 is 15.7 Å². The smallest absolute Gasteiger partial charge is 0.332 e. The normalized spacial score (nSPS) is 11.6. The van der Waals surface area contributed by atoms with E-state index in [4.69, 9.17) is 5.73 Å². The van der Waals surface area contributed by atoms with E-state index in [0.717, 1.165) is 5.56 Å². The van der Waals surface area contributed by atoms with Crippen LogP contribution in [0.1, 0.15) is 35.8 Å². The third-order valence-corrected chi connectivity index (χ3v) is 5.10. The van der Waals surface area contributed by atoms with Gasteiger partial charge in [0, 0.05) is 11.8 Å². The fourth-order valence-electron chi connectivity index (χ4n) is 3.65. The fourth-order valence-corrected chi connectivity index (χ4v) is 3.65. The number of aromatic nitrogens is 7. The molecule has 1 amide bonds. The van der Waals surface area contributed by atoms with Gasteiger partial charge in [-0.05, 0) is 23.6 Å². The molecule has 0 spiro atoms. The molecule has 10 nitrogen and oxygen atoms in total. The van der Waals surface area contributed by atoms with Gasteiger partial charge in [-0.1, -0.05) is 32.0 Å². The molecule has 0 aliphatic rings. The Morgan fingerprint density at radius 2 is 1.97 bits per heavy atom. The lowest BCUT2D eigenvalue weighted by Gasteiger charge is -2.13. The van der Waals surface area contributed by atoms with Crippen molar-refractivity contribution in [1.29, 1.82) is 0 Å². The largest absolute Gasteiger partial charge is 0.364 e. The molecule has 5 rings (SSSR count). The zero-order valence-electron chi connectivity index (χ0n) is 16.7. The van der Waals surface area contributed by atoms with E-state index in [9.17, 15) is 9.59 Å². The first kappa shape index (κ1) is 18.7. The van der Waals surface area contributed by atoms with Crippen LogP contribution >= 0.6 is 0 Å². The molecule has 31 heavy (non-hydrogen) atoms. The molecule has 0 saturated heterocycles. The van der Waals surface area contributed by atoms with E-state index in [1.54, 1.807) is 12.3 Å². The van der Waals surface area contributed by atoms with Gasteiger partial charge >= 0.3 is 5.69 Å². The molecule has 0 atom stereocenters. The molecule has 10 heteroatoms. The number of fused-ring (bicyclic) bond motifs is 2. The standard InChI is InChI=1S/C21H18N8O2/c1-10(2)12-5-3-4-6-14(12)29-20-16(27-21(29)31)15(17(22)30)26-18(28-20)11-7-13-19(23-8-11)25-9-24-13/h3-10H,1-2H3,(H2,22,30)(H,27,31)(H,23,24,25). The number of nitrogens with two attached hydrogens (primary N) is 1. The zero-order chi connectivity index (χ0) is 21.7. The lowest BCUT2D eigenvalue weighted by Crippen LogP contribution is -2.17. The lowest BCUT2D eigenvalue weighted by molar-refractivity contribution is 0.0997. The second-order valence-corrected chi connectivity index (χ2v) is 7.44. The Morgan fingerprint density at radius 1 is 1.16 bits per heavy atom. The summed E-state index contributed by atoms with van der Waals surface area (Å²) in [6.45, 7) is 4.08. The fraction of sp³-hybridized carbons (Fsp3) is 0.143. The minimum atomic E-state index is -0.769. The number of carbonyl (C=O) groups is 1. The summed E-state index contributed by atoms with van der Waals surface area (Å²) in [5, 5.41) is 0. The monoisotopic (exact) mass is 414 g/mol. The highest BCUT2D eigenvalue weighted by Gasteiger charge is 2.22. The van der Waals surface area contributed by atoms with Gasteiger partial charge in [0.1, 0.15) is 5.52 Å². The van der Waals surface area contributed by atoms with Gasteiger partial charge in [0.2, 0.25) is 0 Å². The number of hydrogen-bond donors (Lipinski definition) is 3. The van der Waals surface area contributed by atoms with Gasteiger partial charge in [-0.2, -0.15) is 0 Å². The maximum absolute atomic E-state index is 12.9. The number of benzene rings is 1. The number of nitrogens with one attached hydrogen (secondary N) is 2. The van der Waals surface area contributed by atoms with E-state index in [1.807, 2.05) is 38.1 Å². The van der Waals surface area contributed by atoms with Crippen LogP contribution in [0.5, 0.6) is 0 Å². The van der Waals surface area contributed by atoms with Crippen molar-refractivity contribution in [3.05, 3.63) is 64.6 Å². The summed E-state index contributed by atoms with van der Waals surface area (Å²) in [5.41, 5.74) is 8.98. The van der Waals surface area contributed by atoms with Crippen LogP contribution in [-0.4, -0.2) is 40.4 Å². The van der Waals surface area contributed by atoms with E-state index in [0.29, 0.717) is 22.4 Å². The molecule has 5 aromatic rings. The van der Waals surface area contributed by atoms with Gasteiger partial charge in [-0.25, -0.2) is 29.3 Å². The van der Waals surface area contributed by atoms with Crippen LogP contribution in [0.15, 0.2) is 47.7 Å². The number of pyridine rings is 1. The number of para-hydroxylation sites is 1. The van der Waals surface area contributed by atoms with Gasteiger partial charge in [-0.15, -0.1) is 0 Å². The topological polar surface area (TPSA) is 148 Å². The Morgan fingerprint density at radius 3 is 2.74 bits per heavy atom. The quantitative estimate of drug-likeness (QED) is 0.411. The molecule has 0 radical (unpaired) electrons. The number of nitrogens with zero attached hydrogens (tertiary/aromatic N) is 5. The molecular formula is C21H18N8O2. The highest BCUT2D eigenvalue weighted by Crippen LogP contribution is 2.26. The highest BCUT2D eigenvalue weighted by atomic mass is 16.2. The van der Waals surface area contributed by atoms with Gasteiger partial charge in [-0.3, -0.25) is 4.79 Å². The van der Waals surface area contributed by atoms with Crippen molar-refractivity contribution in [3.8, 4) is 17.1 Å². The summed E-state index contributed by atoms with van der Waals surface area (Å²) < 4.78 is 1.45. The molecular weight excluding hydrogens is 396 g/mol. The molecule has 1 aromatic carbocycles. The van der Waals surface area contributed by atoms with Crippen molar-refractivity contribution < 1.29 is 4.79 Å². The minimum Gasteiger partial charge on any atom is -0.364 e. The Bertz CT molecular complexity index is 1530. The lowest BCUT2D eigenvalue weighted by atomic mass is 10.0. The van der Waals surface area contributed by atoms with Crippen LogP contribution in [0, 0.1) is 0 Å². The van der Waals surface area contributed by atoms with Crippen molar-refractivity contribution in [3.63, 3.8) is 0 Å². The average molecular weight is 414 g/mol. The zero-order valence-corrected chi connectivity index (χ0v) is 16.7. The van der Waals surface area contributed by atoms with E-state index in [1.165, 1.54) is 10.9 Å². The van der Waals surface area contributed by atoms with Crippen LogP contribution in [-0.2, 0) is 0 Å². The Labute approximate surface area is 175 Å². The van der Waals surface area contributed by atoms with Crippen molar-refractivity contribution in [2.24, 2.45) is 5.73 Å². The Balaban J connectivity index is 1.84. The van der Waals surface area contributed by atoms with Gasteiger partial charge in [0.15, 0.2) is 22.8 Å². The predicted molar refractivity (Wildman–Crippen MR) is 115 cm³/mol. The maximum atomic E-state index is 12.9. The average Bonchev–Trinajstić information content (AvgIpc) is 3.35. The SMILES string of the molecule is CC(C)c1ccccc1-n1c(=O)[nH]c2c(C(N)=O)nc(-c3cnc4nc[nH]c4c3)nc21. The van der Waals surface area contributed by atoms with Crippen LogP contribution in [0.25, 0.3) is 39.4 Å². The number of primary amides is 1. The van der Waals surface area contributed by atoms with Crippen LogP contribution in [0.2, 0.25) is 0 Å². The number of amides is 1. The second-order valence-electron chi connectivity index (χ2n) is 7.44. The van der Waals surface area contributed by atoms with Crippen molar-refractivity contribution in [1.82, 2.24) is 34.5 Å². The first-order chi connectivity index (χ1) is 14.9. The van der Waals surface area contributed by atoms with Crippen molar-refractivity contribution >= 4 is 28.2 Å². The molecule has 0 saturated carbocycles. The summed E-state index contributed by atoms with van der Waals surface area (Å²) >= 11 is 0. The number of aromatic amines is 2. The van der Waals surface area contributed by atoms with E-state index < -0.39 is 11.6 Å². The summed E-state index contributed by atoms with van der Waals surface area (Å²) in [6, 6.07) is 9.34. The van der Waals surface area contributed by atoms with E-state index in [-0.39, 0.29) is 28.6 Å². The Hall–Kier alpha value is -4.34. The number of carbonyl (C=O) groups excluding carboxylic acids is 1. The highest BCUT2D eigenvalue weighted by molar-refractivity contribution is 6.02. The molecule has 0 aliphatic heterocycles. The predicted octanol–water partition coefficient (Wildman–Crippen LogP) is 2.27. The molecule has 0 aliphatic carbocycles. The van der Waals surface area contributed by atoms with Crippen LogP contribution in [0.4, 0.5) is 0 Å². The van der Waals surface area contributed by atoms with E-state index >= 15 is 0 Å². The maximum Gasteiger partial charge on any atom is 0.332 e. The summed E-state index contributed by atoms with van der Waals surface area (Å²) in [5.74, 6) is -0.383. The molecule has 154 valence electrons. The number of hydrogen-bond acceptors (Lipinski definition) is 6. The van der Waals surface area contributed by atoms with E-state index in [2.05, 4.69) is 29.9 Å². The molecule has 0 bridgehead atoms. The third-order valence-electron chi connectivity index (χ3n) is 5.10. The minimum absolute atomic E-state index is 0.0671. The number of rotatable bonds is 4. The van der Waals surface area contributed by atoms with Crippen molar-refractivity contribution in [2.45, 2.75) is 19.8 Å². The van der Waals surface area contributed by atoms with Crippen LogP contribution < -0.4 is 11.4 Å². The van der Waals surface area contributed by atoms with Gasteiger partial charge in [0.05, 0.1) is 17.5 Å². The van der Waals surface area contributed by atoms with Crippen LogP contribution in [0.3, 0.4) is 0 Å². The summed E-state index contributed by atoms with van der Waals surface area (Å²) in [6.07, 6.45) is 3.10.